The van der Waals surface area contributed by atoms with E-state index >= 15 is 0 Å². The molecule has 0 aromatic carbocycles. The minimum absolute atomic E-state index is 0.314. The summed E-state index contributed by atoms with van der Waals surface area (Å²) in [4.78, 5) is 4.96. The van der Waals surface area contributed by atoms with Crippen LogP contribution in [-0.2, 0) is 0 Å². The molecule has 0 spiro atoms. The Hall–Kier alpha value is -0.320. The molecule has 2 aromatic rings. The zero-order valence-electron chi connectivity index (χ0n) is 5.75. The van der Waals surface area contributed by atoms with Gasteiger partial charge >= 0.3 is 0 Å². The Morgan fingerprint density at radius 1 is 1.50 bits per heavy atom. The number of halogens is 2. The minimum atomic E-state index is 0.314. The van der Waals surface area contributed by atoms with Gasteiger partial charge in [0.2, 0.25) is 11.1 Å². The van der Waals surface area contributed by atoms with E-state index in [1.807, 2.05) is 12.1 Å². The highest BCUT2D eigenvalue weighted by atomic mass is 79.9. The normalized spacial score (nSPS) is 10.5. The second-order valence-corrected chi connectivity index (χ2v) is 4.91. The van der Waals surface area contributed by atoms with Crippen molar-refractivity contribution in [3.8, 4) is 10.8 Å². The summed E-state index contributed by atoms with van der Waals surface area (Å²) in [5.74, 6) is 0.565. The molecule has 5 heteroatoms. The molecule has 2 nitrogen and oxygen atoms in total. The number of aromatic nitrogens is 1. The van der Waals surface area contributed by atoms with Gasteiger partial charge in [-0.2, -0.15) is 0 Å². The zero-order valence-corrected chi connectivity index (χ0v) is 8.91. The molecule has 0 saturated heterocycles. The zero-order chi connectivity index (χ0) is 8.55. The van der Waals surface area contributed by atoms with E-state index in [4.69, 9.17) is 16.0 Å². The van der Waals surface area contributed by atoms with Gasteiger partial charge in [0.05, 0.1) is 14.9 Å². The van der Waals surface area contributed by atoms with Crippen molar-refractivity contribution in [2.75, 3.05) is 0 Å². The van der Waals surface area contributed by atoms with Gasteiger partial charge in [0.1, 0.15) is 0 Å². The fourth-order valence-electron chi connectivity index (χ4n) is 0.798. The largest absolute Gasteiger partial charge is 0.424 e. The van der Waals surface area contributed by atoms with E-state index in [1.54, 1.807) is 11.3 Å². The highest BCUT2D eigenvalue weighted by molar-refractivity contribution is 9.11. The van der Waals surface area contributed by atoms with E-state index in [-0.39, 0.29) is 0 Å². The molecule has 62 valence electrons. The Bertz CT molecular complexity index is 359. The predicted octanol–water partition coefficient (Wildman–Crippen LogP) is 3.82. The van der Waals surface area contributed by atoms with Crippen LogP contribution in [0.5, 0.6) is 0 Å². The van der Waals surface area contributed by atoms with Gasteiger partial charge in [-0.25, -0.2) is 4.98 Å². The van der Waals surface area contributed by atoms with Crippen LogP contribution in [0.3, 0.4) is 0 Å². The molecule has 0 aliphatic carbocycles. The average Bonchev–Trinajstić information content (AvgIpc) is 2.58. The summed E-state index contributed by atoms with van der Waals surface area (Å²) < 4.78 is 6.17. The van der Waals surface area contributed by atoms with Gasteiger partial charge in [0, 0.05) is 0 Å². The van der Waals surface area contributed by atoms with Crippen molar-refractivity contribution in [3.63, 3.8) is 0 Å². The third-order valence-corrected chi connectivity index (χ3v) is 3.05. The topological polar surface area (TPSA) is 26.0 Å². The van der Waals surface area contributed by atoms with Crippen LogP contribution < -0.4 is 0 Å². The van der Waals surface area contributed by atoms with E-state index in [2.05, 4.69) is 20.9 Å². The highest BCUT2D eigenvalue weighted by Crippen LogP contribution is 2.31. The molecule has 2 rings (SSSR count). The number of hydrogen-bond acceptors (Lipinski definition) is 3. The molecule has 0 amide bonds. The summed E-state index contributed by atoms with van der Waals surface area (Å²) in [6.07, 6.45) is 1.49. The van der Waals surface area contributed by atoms with Crippen molar-refractivity contribution in [3.05, 3.63) is 27.3 Å². The highest BCUT2D eigenvalue weighted by Gasteiger charge is 2.06. The summed E-state index contributed by atoms with van der Waals surface area (Å²) >= 11 is 10.5. The summed E-state index contributed by atoms with van der Waals surface area (Å²) in [6, 6.07) is 3.87. The Kier molecular flexibility index (Phi) is 2.21. The molecule has 2 heterocycles. The fourth-order valence-corrected chi connectivity index (χ4v) is 2.24. The molecule has 0 aliphatic rings. The molecule has 0 atom stereocenters. The van der Waals surface area contributed by atoms with Gasteiger partial charge in [-0.1, -0.05) is 0 Å². The van der Waals surface area contributed by atoms with E-state index in [1.165, 1.54) is 6.20 Å². The van der Waals surface area contributed by atoms with Crippen molar-refractivity contribution < 1.29 is 4.42 Å². The number of nitrogens with zero attached hydrogens (tertiary/aromatic N) is 1. The molecule has 12 heavy (non-hydrogen) atoms. The maximum atomic E-state index is 5.58. The standard InChI is InChI=1S/C7H3BrClNOS/c8-5-2-1-4(12-5)7-10-3-6(9)11-7/h1-3H. The maximum absolute atomic E-state index is 5.58. The minimum Gasteiger partial charge on any atom is -0.424 e. The fraction of sp³-hybridized carbons (Fsp3) is 0. The first-order valence-electron chi connectivity index (χ1n) is 3.13. The lowest BCUT2D eigenvalue weighted by Crippen LogP contribution is -1.65. The summed E-state index contributed by atoms with van der Waals surface area (Å²) in [7, 11) is 0. The maximum Gasteiger partial charge on any atom is 0.238 e. The number of thiophene rings is 1. The van der Waals surface area contributed by atoms with Crippen LogP contribution in [-0.4, -0.2) is 4.98 Å². The van der Waals surface area contributed by atoms with E-state index < -0.39 is 0 Å². The first-order valence-corrected chi connectivity index (χ1v) is 5.11. The van der Waals surface area contributed by atoms with Crippen LogP contribution in [0.2, 0.25) is 5.22 Å². The second kappa shape index (κ2) is 3.20. The summed E-state index contributed by atoms with van der Waals surface area (Å²) in [5.41, 5.74) is 0. The van der Waals surface area contributed by atoms with Crippen molar-refractivity contribution in [2.24, 2.45) is 0 Å². The van der Waals surface area contributed by atoms with E-state index in [0.29, 0.717) is 11.1 Å². The number of oxazole rings is 1. The SMILES string of the molecule is Clc1cnc(-c2ccc(Br)s2)o1. The lowest BCUT2D eigenvalue weighted by molar-refractivity contribution is 0.578. The lowest BCUT2D eigenvalue weighted by atomic mass is 10.5. The van der Waals surface area contributed by atoms with Gasteiger partial charge in [0.15, 0.2) is 0 Å². The van der Waals surface area contributed by atoms with Crippen LogP contribution in [0.1, 0.15) is 0 Å². The van der Waals surface area contributed by atoms with Gasteiger partial charge in [0.25, 0.3) is 0 Å². The first-order chi connectivity index (χ1) is 5.75. The van der Waals surface area contributed by atoms with Crippen molar-refractivity contribution >= 4 is 38.9 Å². The van der Waals surface area contributed by atoms with Crippen LogP contribution in [0.4, 0.5) is 0 Å². The summed E-state index contributed by atoms with van der Waals surface area (Å²) in [6.45, 7) is 0. The molecule has 0 aliphatic heterocycles. The van der Waals surface area contributed by atoms with Crippen LogP contribution in [0.15, 0.2) is 26.5 Å². The van der Waals surface area contributed by atoms with Crippen LogP contribution in [0.25, 0.3) is 10.8 Å². The average molecular weight is 265 g/mol. The van der Waals surface area contributed by atoms with Gasteiger partial charge < -0.3 is 4.42 Å². The Labute approximate surface area is 86.3 Å². The Morgan fingerprint density at radius 2 is 2.33 bits per heavy atom. The number of rotatable bonds is 1. The van der Waals surface area contributed by atoms with Crippen LogP contribution in [0, 0.1) is 0 Å². The number of hydrogen-bond donors (Lipinski definition) is 0. The molecule has 0 fully saturated rings. The van der Waals surface area contributed by atoms with Gasteiger partial charge in [-0.3, -0.25) is 0 Å². The Morgan fingerprint density at radius 3 is 2.83 bits per heavy atom. The Balaban J connectivity index is 2.43. The van der Waals surface area contributed by atoms with Crippen molar-refractivity contribution in [2.45, 2.75) is 0 Å². The first kappa shape index (κ1) is 8.29. The summed E-state index contributed by atoms with van der Waals surface area (Å²) in [5, 5.41) is 0.314. The van der Waals surface area contributed by atoms with E-state index in [0.717, 1.165) is 8.66 Å². The van der Waals surface area contributed by atoms with Gasteiger partial charge in [-0.15, -0.1) is 11.3 Å². The smallest absolute Gasteiger partial charge is 0.238 e. The second-order valence-electron chi connectivity index (χ2n) is 2.07. The molecular weight excluding hydrogens is 262 g/mol. The molecule has 0 radical (unpaired) electrons. The molecule has 0 saturated carbocycles. The quantitative estimate of drug-likeness (QED) is 0.782. The van der Waals surface area contributed by atoms with Crippen molar-refractivity contribution in [1.82, 2.24) is 4.98 Å². The molecule has 0 unspecified atom stereocenters. The third-order valence-electron chi connectivity index (χ3n) is 1.26. The van der Waals surface area contributed by atoms with Crippen LogP contribution >= 0.6 is 38.9 Å². The van der Waals surface area contributed by atoms with Crippen molar-refractivity contribution in [1.29, 1.82) is 0 Å². The van der Waals surface area contributed by atoms with Gasteiger partial charge in [-0.05, 0) is 39.7 Å². The molecule has 0 bridgehead atoms. The molecular formula is C7H3BrClNOS. The third kappa shape index (κ3) is 1.55. The predicted molar refractivity (Wildman–Crippen MR) is 52.5 cm³/mol. The monoisotopic (exact) mass is 263 g/mol. The molecule has 0 N–H and O–H groups in total. The van der Waals surface area contributed by atoms with E-state index in [9.17, 15) is 0 Å². The molecule has 2 aromatic heterocycles. The lowest BCUT2D eigenvalue weighted by Gasteiger charge is -1.84.